The van der Waals surface area contributed by atoms with Gasteiger partial charge < -0.3 is 16.0 Å². The van der Waals surface area contributed by atoms with Crippen molar-refractivity contribution < 1.29 is 9.18 Å². The molecule has 5 rings (SSSR count). The van der Waals surface area contributed by atoms with Crippen molar-refractivity contribution in [1.82, 2.24) is 5.32 Å². The van der Waals surface area contributed by atoms with Crippen molar-refractivity contribution in [2.45, 2.75) is 64.0 Å². The summed E-state index contributed by atoms with van der Waals surface area (Å²) in [6, 6.07) is 11.4. The van der Waals surface area contributed by atoms with Crippen LogP contribution in [0.4, 0.5) is 10.1 Å². The highest BCUT2D eigenvalue weighted by atomic mass is 19.1. The lowest BCUT2D eigenvalue weighted by Crippen LogP contribution is -2.43. The number of anilines is 1. The lowest BCUT2D eigenvalue weighted by molar-refractivity contribution is -0.120. The fourth-order valence-electron chi connectivity index (χ4n) is 5.44. The summed E-state index contributed by atoms with van der Waals surface area (Å²) < 4.78 is 14.1. The summed E-state index contributed by atoms with van der Waals surface area (Å²) in [4.78, 5) is 20.1. The summed E-state index contributed by atoms with van der Waals surface area (Å²) in [5.74, 6) is 0.159. The predicted octanol–water partition coefficient (Wildman–Crippen LogP) is 4.62. The van der Waals surface area contributed by atoms with E-state index in [1.54, 1.807) is 18.3 Å². The van der Waals surface area contributed by atoms with Crippen LogP contribution in [0.1, 0.15) is 61.3 Å². The van der Waals surface area contributed by atoms with E-state index >= 15 is 0 Å². The molecule has 1 saturated heterocycles. The molecule has 3 aliphatic rings. The SMILES string of the molecule is CC1CCc2c(ccc(C(C=NC3CCNCC3)=CN)c2Cc2cccc(F)c2)N1C(=O)C1CC1. The van der Waals surface area contributed by atoms with Crippen LogP contribution in [0.2, 0.25) is 0 Å². The maximum atomic E-state index is 14.1. The van der Waals surface area contributed by atoms with Gasteiger partial charge in [0, 0.05) is 35.6 Å². The number of halogens is 1. The summed E-state index contributed by atoms with van der Waals surface area (Å²) in [6.45, 7) is 4.10. The molecule has 0 bridgehead atoms. The molecule has 0 spiro atoms. The summed E-state index contributed by atoms with van der Waals surface area (Å²) >= 11 is 0. The van der Waals surface area contributed by atoms with Crippen molar-refractivity contribution >= 4 is 23.4 Å². The second kappa shape index (κ2) is 10.3. The second-order valence-corrected chi connectivity index (χ2v) is 10.1. The zero-order valence-electron chi connectivity index (χ0n) is 20.5. The minimum atomic E-state index is -0.241. The highest BCUT2D eigenvalue weighted by molar-refractivity contribution is 6.11. The van der Waals surface area contributed by atoms with E-state index in [-0.39, 0.29) is 23.7 Å². The Balaban J connectivity index is 1.57. The van der Waals surface area contributed by atoms with E-state index in [9.17, 15) is 9.18 Å². The number of amides is 1. The van der Waals surface area contributed by atoms with E-state index in [0.29, 0.717) is 12.5 Å². The molecule has 1 aliphatic carbocycles. The molecule has 2 aromatic carbocycles. The summed E-state index contributed by atoms with van der Waals surface area (Å²) in [7, 11) is 0. The zero-order chi connectivity index (χ0) is 24.4. The molecule has 184 valence electrons. The fourth-order valence-corrected chi connectivity index (χ4v) is 5.44. The van der Waals surface area contributed by atoms with Crippen LogP contribution in [-0.2, 0) is 17.6 Å². The Bertz CT molecular complexity index is 1150. The number of aliphatic imine (C=N–C) groups is 1. The van der Waals surface area contributed by atoms with Crippen molar-refractivity contribution in [2.24, 2.45) is 16.6 Å². The van der Waals surface area contributed by atoms with Gasteiger partial charge in [0.15, 0.2) is 0 Å². The maximum absolute atomic E-state index is 14.1. The standard InChI is InChI=1S/C29H35FN4O/c1-19-5-8-26-27(16-20-3-2-4-23(30)15-20)25(9-10-28(26)34(19)29(35)21-6-7-21)22(17-31)18-33-24-11-13-32-14-12-24/h2-4,9-10,15,17-19,21,24,32H,5-8,11-14,16,31H2,1H3. The van der Waals surface area contributed by atoms with Crippen LogP contribution < -0.4 is 16.0 Å². The van der Waals surface area contributed by atoms with Gasteiger partial charge in [-0.3, -0.25) is 9.79 Å². The van der Waals surface area contributed by atoms with E-state index in [1.165, 1.54) is 11.6 Å². The Hall–Kier alpha value is -2.99. The van der Waals surface area contributed by atoms with Crippen LogP contribution in [0.3, 0.4) is 0 Å². The molecule has 6 heteroatoms. The van der Waals surface area contributed by atoms with E-state index in [0.717, 1.165) is 79.6 Å². The lowest BCUT2D eigenvalue weighted by Gasteiger charge is -2.37. The Labute approximate surface area is 207 Å². The van der Waals surface area contributed by atoms with Gasteiger partial charge in [-0.2, -0.15) is 0 Å². The van der Waals surface area contributed by atoms with E-state index in [4.69, 9.17) is 10.7 Å². The fraction of sp³-hybridized carbons (Fsp3) is 0.448. The number of hydrogen-bond donors (Lipinski definition) is 2. The van der Waals surface area contributed by atoms with Gasteiger partial charge in [-0.1, -0.05) is 18.2 Å². The first-order chi connectivity index (χ1) is 17.0. The summed E-state index contributed by atoms with van der Waals surface area (Å²) in [5, 5.41) is 3.38. The smallest absolute Gasteiger partial charge is 0.230 e. The molecule has 0 radical (unpaired) electrons. The van der Waals surface area contributed by atoms with Crippen LogP contribution in [0, 0.1) is 11.7 Å². The average Bonchev–Trinajstić information content (AvgIpc) is 3.71. The first-order valence-corrected chi connectivity index (χ1v) is 12.9. The van der Waals surface area contributed by atoms with Crippen molar-refractivity contribution in [3.63, 3.8) is 0 Å². The minimum absolute atomic E-state index is 0.159. The molecular formula is C29H35FN4O. The number of nitrogens with two attached hydrogens (primary N) is 1. The molecule has 2 aliphatic heterocycles. The Morgan fingerprint density at radius 2 is 1.97 bits per heavy atom. The largest absolute Gasteiger partial charge is 0.404 e. The second-order valence-electron chi connectivity index (χ2n) is 10.1. The van der Waals surface area contributed by atoms with E-state index < -0.39 is 0 Å². The van der Waals surface area contributed by atoms with Crippen LogP contribution >= 0.6 is 0 Å². The van der Waals surface area contributed by atoms with Crippen molar-refractivity contribution in [1.29, 1.82) is 0 Å². The van der Waals surface area contributed by atoms with Crippen molar-refractivity contribution in [3.05, 3.63) is 70.7 Å². The van der Waals surface area contributed by atoms with Gasteiger partial charge in [0.2, 0.25) is 5.91 Å². The van der Waals surface area contributed by atoms with Gasteiger partial charge in [0.1, 0.15) is 5.82 Å². The number of fused-ring (bicyclic) bond motifs is 1. The van der Waals surface area contributed by atoms with Gasteiger partial charge in [-0.25, -0.2) is 4.39 Å². The Morgan fingerprint density at radius 3 is 2.69 bits per heavy atom. The molecule has 1 saturated carbocycles. The number of carbonyl (C=O) groups is 1. The number of piperidine rings is 1. The highest BCUT2D eigenvalue weighted by Crippen LogP contribution is 2.41. The number of nitrogens with zero attached hydrogens (tertiary/aromatic N) is 2. The molecular weight excluding hydrogens is 439 g/mol. The van der Waals surface area contributed by atoms with E-state index in [2.05, 4.69) is 24.4 Å². The zero-order valence-corrected chi connectivity index (χ0v) is 20.5. The quantitative estimate of drug-likeness (QED) is 0.601. The molecule has 5 nitrogen and oxygen atoms in total. The third kappa shape index (κ3) is 5.18. The van der Waals surface area contributed by atoms with Crippen LogP contribution in [0.5, 0.6) is 0 Å². The number of allylic oxidation sites excluding steroid dienone is 1. The Morgan fingerprint density at radius 1 is 1.17 bits per heavy atom. The first-order valence-electron chi connectivity index (χ1n) is 12.9. The van der Waals surface area contributed by atoms with Gasteiger partial charge in [0.05, 0.1) is 6.04 Å². The van der Waals surface area contributed by atoms with Crippen LogP contribution in [-0.4, -0.2) is 37.3 Å². The highest BCUT2D eigenvalue weighted by Gasteiger charge is 2.38. The molecule has 1 unspecified atom stereocenters. The van der Waals surface area contributed by atoms with Crippen molar-refractivity contribution in [2.75, 3.05) is 18.0 Å². The molecule has 2 fully saturated rings. The third-order valence-corrected chi connectivity index (χ3v) is 7.58. The minimum Gasteiger partial charge on any atom is -0.404 e. The van der Waals surface area contributed by atoms with Gasteiger partial charge in [-0.05, 0) is 105 Å². The average molecular weight is 475 g/mol. The van der Waals surface area contributed by atoms with Gasteiger partial charge in [-0.15, -0.1) is 0 Å². The third-order valence-electron chi connectivity index (χ3n) is 7.58. The van der Waals surface area contributed by atoms with E-state index in [1.807, 2.05) is 17.2 Å². The molecule has 2 aromatic rings. The lowest BCUT2D eigenvalue weighted by atomic mass is 9.85. The topological polar surface area (TPSA) is 70.7 Å². The molecule has 2 heterocycles. The monoisotopic (exact) mass is 474 g/mol. The van der Waals surface area contributed by atoms with Crippen LogP contribution in [0.15, 0.2) is 47.6 Å². The molecule has 0 aromatic heterocycles. The first kappa shape index (κ1) is 23.7. The molecule has 35 heavy (non-hydrogen) atoms. The molecule has 3 N–H and O–H groups in total. The Kier molecular flexibility index (Phi) is 7.00. The summed E-state index contributed by atoms with van der Waals surface area (Å²) in [5.41, 5.74) is 12.2. The van der Waals surface area contributed by atoms with Gasteiger partial charge in [0.25, 0.3) is 0 Å². The number of nitrogens with one attached hydrogen (secondary N) is 1. The number of carbonyl (C=O) groups excluding carboxylic acids is 1. The van der Waals surface area contributed by atoms with Crippen LogP contribution in [0.25, 0.3) is 5.57 Å². The number of rotatable bonds is 6. The maximum Gasteiger partial charge on any atom is 0.230 e. The predicted molar refractivity (Wildman–Crippen MR) is 140 cm³/mol. The summed E-state index contributed by atoms with van der Waals surface area (Å²) in [6.07, 6.45) is 9.91. The number of hydrogen-bond acceptors (Lipinski definition) is 4. The van der Waals surface area contributed by atoms with Crippen molar-refractivity contribution in [3.8, 4) is 0 Å². The van der Waals surface area contributed by atoms with Gasteiger partial charge >= 0.3 is 0 Å². The molecule has 1 amide bonds. The number of benzene rings is 2. The normalized spacial score (nSPS) is 21.4. The molecule has 1 atom stereocenters.